The molecule has 0 fully saturated rings. The minimum absolute atomic E-state index is 0.250. The second kappa shape index (κ2) is 4.44. The Labute approximate surface area is 84.7 Å². The van der Waals surface area contributed by atoms with Crippen molar-refractivity contribution in [1.82, 2.24) is 0 Å². The summed E-state index contributed by atoms with van der Waals surface area (Å²) < 4.78 is 0. The number of benzene rings is 1. The predicted octanol–water partition coefficient (Wildman–Crippen LogP) is 1.35. The molecule has 3 heteroatoms. The first-order valence-electron chi connectivity index (χ1n) is 4.86. The Balaban J connectivity index is 2.95. The van der Waals surface area contributed by atoms with Gasteiger partial charge in [0.2, 0.25) is 0 Å². The summed E-state index contributed by atoms with van der Waals surface area (Å²) in [5.41, 5.74) is 14.0. The fourth-order valence-corrected chi connectivity index (χ4v) is 1.42. The summed E-state index contributed by atoms with van der Waals surface area (Å²) in [7, 11) is 0. The van der Waals surface area contributed by atoms with Crippen LogP contribution in [0.2, 0.25) is 0 Å². The van der Waals surface area contributed by atoms with E-state index in [0.717, 1.165) is 17.5 Å². The van der Waals surface area contributed by atoms with Gasteiger partial charge in [-0.3, -0.25) is 0 Å². The fourth-order valence-electron chi connectivity index (χ4n) is 1.42. The second-order valence-electron chi connectivity index (χ2n) is 3.65. The van der Waals surface area contributed by atoms with E-state index in [1.165, 1.54) is 0 Å². The second-order valence-corrected chi connectivity index (χ2v) is 3.65. The summed E-state index contributed by atoms with van der Waals surface area (Å²) in [6.07, 6.45) is 0.0645. The average Bonchev–Trinajstić information content (AvgIpc) is 2.15. The fraction of sp³-hybridized carbons (Fsp3) is 0.455. The van der Waals surface area contributed by atoms with Crippen molar-refractivity contribution in [2.24, 2.45) is 5.73 Å². The van der Waals surface area contributed by atoms with E-state index in [2.05, 4.69) is 0 Å². The molecule has 1 aromatic carbocycles. The van der Waals surface area contributed by atoms with Crippen LogP contribution < -0.4 is 11.5 Å². The number of anilines is 1. The number of nitrogen functional groups attached to an aromatic ring is 1. The van der Waals surface area contributed by atoms with Crippen LogP contribution in [0, 0.1) is 6.92 Å². The molecule has 78 valence electrons. The summed E-state index contributed by atoms with van der Waals surface area (Å²) in [4.78, 5) is 0. The lowest BCUT2D eigenvalue weighted by Crippen LogP contribution is -2.27. The Hall–Kier alpha value is -1.06. The van der Waals surface area contributed by atoms with E-state index in [-0.39, 0.29) is 6.04 Å². The van der Waals surface area contributed by atoms with Crippen molar-refractivity contribution < 1.29 is 5.11 Å². The highest BCUT2D eigenvalue weighted by Crippen LogP contribution is 2.24. The van der Waals surface area contributed by atoms with Crippen molar-refractivity contribution in [3.8, 4) is 0 Å². The molecule has 0 heterocycles. The van der Waals surface area contributed by atoms with E-state index in [1.54, 1.807) is 0 Å². The lowest BCUT2D eigenvalue weighted by molar-refractivity contribution is 0.145. The molecular weight excluding hydrogens is 176 g/mol. The molecule has 5 N–H and O–H groups in total. The lowest BCUT2D eigenvalue weighted by Gasteiger charge is -2.19. The van der Waals surface area contributed by atoms with Gasteiger partial charge < -0.3 is 16.6 Å². The monoisotopic (exact) mass is 194 g/mol. The van der Waals surface area contributed by atoms with Gasteiger partial charge in [0.15, 0.2) is 0 Å². The van der Waals surface area contributed by atoms with Crippen LogP contribution in [-0.2, 0) is 0 Å². The van der Waals surface area contributed by atoms with Gasteiger partial charge in [0, 0.05) is 17.3 Å². The molecule has 0 aliphatic heterocycles. The van der Waals surface area contributed by atoms with Crippen LogP contribution in [0.5, 0.6) is 0 Å². The number of aliphatic hydroxyl groups excluding tert-OH is 1. The van der Waals surface area contributed by atoms with Crippen LogP contribution in [-0.4, -0.2) is 11.1 Å². The summed E-state index contributed by atoms with van der Waals surface area (Å²) in [6.45, 7) is 3.91. The van der Waals surface area contributed by atoms with Crippen LogP contribution >= 0.6 is 0 Å². The number of hydrogen-bond donors (Lipinski definition) is 3. The van der Waals surface area contributed by atoms with Gasteiger partial charge in [-0.1, -0.05) is 19.1 Å². The van der Waals surface area contributed by atoms with Gasteiger partial charge in [0.1, 0.15) is 0 Å². The van der Waals surface area contributed by atoms with E-state index >= 15 is 0 Å². The molecule has 0 spiro atoms. The van der Waals surface area contributed by atoms with Crippen LogP contribution in [0.3, 0.4) is 0 Å². The minimum Gasteiger partial charge on any atom is -0.398 e. The Kier molecular flexibility index (Phi) is 3.49. The molecule has 0 saturated heterocycles. The molecular formula is C11H18N2O. The normalized spacial score (nSPS) is 15.1. The molecule has 0 aliphatic carbocycles. The molecule has 2 unspecified atom stereocenters. The Bertz CT molecular complexity index is 312. The number of aryl methyl sites for hydroxylation is 1. The standard InChI is InChI=1S/C11H18N2O/c1-3-9(12)11(14)8-5-4-7(2)6-10(8)13/h4-6,9,11,14H,3,12-13H2,1-2H3. The first kappa shape index (κ1) is 11.0. The Morgan fingerprint density at radius 1 is 1.43 bits per heavy atom. The number of hydrogen-bond acceptors (Lipinski definition) is 3. The highest BCUT2D eigenvalue weighted by molar-refractivity contribution is 5.50. The SMILES string of the molecule is CCC(N)C(O)c1ccc(C)cc1N. The maximum atomic E-state index is 9.86. The molecule has 3 nitrogen and oxygen atoms in total. The third-order valence-corrected chi connectivity index (χ3v) is 2.44. The van der Waals surface area contributed by atoms with E-state index in [1.807, 2.05) is 32.0 Å². The molecule has 1 aromatic rings. The van der Waals surface area contributed by atoms with E-state index in [9.17, 15) is 5.11 Å². The molecule has 0 amide bonds. The average molecular weight is 194 g/mol. The number of aliphatic hydroxyl groups is 1. The van der Waals surface area contributed by atoms with Gasteiger partial charge in [-0.2, -0.15) is 0 Å². The highest BCUT2D eigenvalue weighted by Gasteiger charge is 2.17. The quantitative estimate of drug-likeness (QED) is 0.636. The minimum atomic E-state index is -0.666. The molecule has 14 heavy (non-hydrogen) atoms. The van der Waals surface area contributed by atoms with Gasteiger partial charge in [-0.15, -0.1) is 0 Å². The van der Waals surface area contributed by atoms with Crippen LogP contribution in [0.25, 0.3) is 0 Å². The molecule has 2 atom stereocenters. The van der Waals surface area contributed by atoms with Crippen molar-refractivity contribution in [2.75, 3.05) is 5.73 Å². The van der Waals surface area contributed by atoms with Gasteiger partial charge in [0.05, 0.1) is 6.10 Å². The lowest BCUT2D eigenvalue weighted by atomic mass is 9.98. The maximum absolute atomic E-state index is 9.86. The van der Waals surface area contributed by atoms with Crippen molar-refractivity contribution in [3.05, 3.63) is 29.3 Å². The van der Waals surface area contributed by atoms with Gasteiger partial charge in [0.25, 0.3) is 0 Å². The third-order valence-electron chi connectivity index (χ3n) is 2.44. The van der Waals surface area contributed by atoms with Crippen molar-refractivity contribution in [2.45, 2.75) is 32.4 Å². The molecule has 0 radical (unpaired) electrons. The van der Waals surface area contributed by atoms with Gasteiger partial charge >= 0.3 is 0 Å². The summed E-state index contributed by atoms with van der Waals surface area (Å²) in [5, 5.41) is 9.86. The Morgan fingerprint density at radius 3 is 2.57 bits per heavy atom. The Morgan fingerprint density at radius 2 is 2.07 bits per heavy atom. The predicted molar refractivity (Wildman–Crippen MR) is 58.8 cm³/mol. The third kappa shape index (κ3) is 2.25. The van der Waals surface area contributed by atoms with Gasteiger partial charge in [-0.05, 0) is 25.0 Å². The molecule has 0 aliphatic rings. The first-order valence-corrected chi connectivity index (χ1v) is 4.86. The van der Waals surface area contributed by atoms with Crippen molar-refractivity contribution in [3.63, 3.8) is 0 Å². The van der Waals surface area contributed by atoms with Crippen LogP contribution in [0.15, 0.2) is 18.2 Å². The van der Waals surface area contributed by atoms with Crippen molar-refractivity contribution >= 4 is 5.69 Å². The molecule has 0 aromatic heterocycles. The first-order chi connectivity index (χ1) is 6.56. The smallest absolute Gasteiger partial charge is 0.0960 e. The van der Waals surface area contributed by atoms with Crippen LogP contribution in [0.1, 0.15) is 30.6 Å². The number of rotatable bonds is 3. The molecule has 0 bridgehead atoms. The van der Waals surface area contributed by atoms with E-state index in [0.29, 0.717) is 5.69 Å². The maximum Gasteiger partial charge on any atom is 0.0960 e. The molecule has 1 rings (SSSR count). The zero-order valence-electron chi connectivity index (χ0n) is 8.70. The van der Waals surface area contributed by atoms with Crippen molar-refractivity contribution in [1.29, 1.82) is 0 Å². The zero-order valence-corrected chi connectivity index (χ0v) is 8.70. The van der Waals surface area contributed by atoms with E-state index in [4.69, 9.17) is 11.5 Å². The van der Waals surface area contributed by atoms with Gasteiger partial charge in [-0.25, -0.2) is 0 Å². The summed E-state index contributed by atoms with van der Waals surface area (Å²) in [6, 6.07) is 5.36. The van der Waals surface area contributed by atoms with Crippen LogP contribution in [0.4, 0.5) is 5.69 Å². The van der Waals surface area contributed by atoms with E-state index < -0.39 is 6.10 Å². The highest BCUT2D eigenvalue weighted by atomic mass is 16.3. The summed E-state index contributed by atoms with van der Waals surface area (Å²) in [5.74, 6) is 0. The number of nitrogens with two attached hydrogens (primary N) is 2. The summed E-state index contributed by atoms with van der Waals surface area (Å²) >= 11 is 0. The largest absolute Gasteiger partial charge is 0.398 e. The zero-order chi connectivity index (χ0) is 10.7. The molecule has 0 saturated carbocycles. The topological polar surface area (TPSA) is 72.3 Å².